The first-order valence-corrected chi connectivity index (χ1v) is 7.35. The highest BCUT2D eigenvalue weighted by atomic mass is 16.7. The molecule has 2 rings (SSSR count). The molecule has 1 aromatic rings. The monoisotopic (exact) mass is 354 g/mol. The number of hydrogen-bond acceptors (Lipinski definition) is 8. The Labute approximate surface area is 140 Å². The van der Waals surface area contributed by atoms with E-state index in [2.05, 4.69) is 0 Å². The first-order valence-electron chi connectivity index (χ1n) is 7.35. The van der Waals surface area contributed by atoms with Gasteiger partial charge >= 0.3 is 5.79 Å². The second kappa shape index (κ2) is 6.37. The molecule has 134 valence electrons. The van der Waals surface area contributed by atoms with Gasteiger partial charge < -0.3 is 0 Å². The third-order valence-electron chi connectivity index (χ3n) is 4.77. The lowest BCUT2D eigenvalue weighted by atomic mass is 9.61. The summed E-state index contributed by atoms with van der Waals surface area (Å²) in [4.78, 5) is 40.8. The molecule has 25 heavy (non-hydrogen) atoms. The van der Waals surface area contributed by atoms with E-state index in [0.29, 0.717) is 6.42 Å². The van der Waals surface area contributed by atoms with Crippen LogP contribution in [0.5, 0.6) is 0 Å². The fourth-order valence-electron chi connectivity index (χ4n) is 3.79. The average Bonchev–Trinajstić information content (AvgIpc) is 2.55. The van der Waals surface area contributed by atoms with E-state index in [0.717, 1.165) is 0 Å². The highest BCUT2D eigenvalue weighted by Gasteiger charge is 2.89. The molecular weight excluding hydrogens is 340 g/mol. The third-order valence-corrected chi connectivity index (χ3v) is 4.77. The predicted octanol–water partition coefficient (Wildman–Crippen LogP) is 1.63. The quantitative estimate of drug-likeness (QED) is 0.421. The second-order valence-electron chi connectivity index (χ2n) is 5.79. The molecule has 2 atom stereocenters. The average molecular weight is 354 g/mol. The summed E-state index contributed by atoms with van der Waals surface area (Å²) in [7, 11) is 0. The molecule has 0 aliphatic heterocycles. The minimum absolute atomic E-state index is 0.151. The number of nitro groups is 4. The molecule has 1 aliphatic rings. The van der Waals surface area contributed by atoms with Crippen molar-refractivity contribution in [2.45, 2.75) is 42.9 Å². The van der Waals surface area contributed by atoms with Gasteiger partial charge in [-0.3, -0.25) is 40.5 Å². The van der Waals surface area contributed by atoms with Gasteiger partial charge in [0.1, 0.15) is 0 Å². The van der Waals surface area contributed by atoms with Crippen LogP contribution in [0.2, 0.25) is 0 Å². The number of rotatable bonds is 6. The van der Waals surface area contributed by atoms with Crippen molar-refractivity contribution < 1.29 is 19.7 Å². The third kappa shape index (κ3) is 2.37. The molecule has 0 saturated heterocycles. The largest absolute Gasteiger partial charge is 0.716 e. The summed E-state index contributed by atoms with van der Waals surface area (Å²) >= 11 is 0. The summed E-state index contributed by atoms with van der Waals surface area (Å²) in [6.45, 7) is 0. The zero-order chi connectivity index (χ0) is 18.8. The first-order chi connectivity index (χ1) is 11.7. The van der Waals surface area contributed by atoms with Crippen molar-refractivity contribution in [1.82, 2.24) is 0 Å². The Morgan fingerprint density at radius 1 is 0.880 bits per heavy atom. The van der Waals surface area contributed by atoms with Crippen molar-refractivity contribution in [1.29, 1.82) is 0 Å². The number of nitrogens with zero attached hydrogens (tertiary/aromatic N) is 4. The molecule has 0 heterocycles. The van der Waals surface area contributed by atoms with E-state index in [1.807, 2.05) is 0 Å². The van der Waals surface area contributed by atoms with Gasteiger partial charge in [0, 0.05) is 11.3 Å². The highest BCUT2D eigenvalue weighted by molar-refractivity contribution is 5.30. The molecule has 1 fully saturated rings. The second-order valence-corrected chi connectivity index (χ2v) is 5.79. The van der Waals surface area contributed by atoms with Crippen LogP contribution in [0.25, 0.3) is 0 Å². The summed E-state index contributed by atoms with van der Waals surface area (Å²) in [5, 5.41) is 46.5. The first kappa shape index (κ1) is 18.2. The van der Waals surface area contributed by atoms with Crippen LogP contribution in [-0.2, 0) is 5.41 Å². The highest BCUT2D eigenvalue weighted by Crippen LogP contribution is 2.50. The van der Waals surface area contributed by atoms with Gasteiger partial charge in [0.25, 0.3) is 5.41 Å². The van der Waals surface area contributed by atoms with Gasteiger partial charge in [-0.2, -0.15) is 0 Å². The smallest absolute Gasteiger partial charge is 0.264 e. The van der Waals surface area contributed by atoms with Crippen LogP contribution >= 0.6 is 0 Å². The summed E-state index contributed by atoms with van der Waals surface area (Å²) in [5.41, 5.74) is -2.66. The van der Waals surface area contributed by atoms with Crippen molar-refractivity contribution in [2.75, 3.05) is 0 Å². The van der Waals surface area contributed by atoms with Crippen LogP contribution < -0.4 is 0 Å². The molecule has 0 N–H and O–H groups in total. The Kier molecular flexibility index (Phi) is 4.63. The van der Waals surface area contributed by atoms with E-state index in [4.69, 9.17) is 0 Å². The Hall–Kier alpha value is -3.18. The number of hydrogen-bond donors (Lipinski definition) is 0. The summed E-state index contributed by atoms with van der Waals surface area (Å²) in [6, 6.07) is 4.90. The minimum atomic E-state index is -3.95. The molecule has 0 spiro atoms. The van der Waals surface area contributed by atoms with E-state index in [1.54, 1.807) is 0 Å². The van der Waals surface area contributed by atoms with Crippen LogP contribution in [0.3, 0.4) is 0 Å². The van der Waals surface area contributed by atoms with Crippen molar-refractivity contribution in [3.63, 3.8) is 0 Å². The lowest BCUT2D eigenvalue weighted by molar-refractivity contribution is -0.985. The summed E-state index contributed by atoms with van der Waals surface area (Å²) in [5.74, 6) is -3.95. The molecule has 0 amide bonds. The van der Waals surface area contributed by atoms with E-state index >= 15 is 0 Å². The molecule has 0 radical (unpaired) electrons. The summed E-state index contributed by atoms with van der Waals surface area (Å²) in [6.07, 6.45) is -0.176. The van der Waals surface area contributed by atoms with Crippen LogP contribution in [0.4, 0.5) is 0 Å². The molecule has 1 aromatic carbocycles. The number of benzene rings is 1. The zero-order valence-electron chi connectivity index (χ0n) is 12.8. The maximum absolute atomic E-state index is 11.6. The van der Waals surface area contributed by atoms with Crippen LogP contribution in [-0.4, -0.2) is 31.5 Å². The van der Waals surface area contributed by atoms with E-state index in [-0.39, 0.29) is 18.4 Å². The van der Waals surface area contributed by atoms with Gasteiger partial charge in [-0.25, -0.2) is 0 Å². The van der Waals surface area contributed by atoms with Crippen LogP contribution in [0, 0.1) is 40.5 Å². The minimum Gasteiger partial charge on any atom is -0.264 e. The molecule has 0 bridgehead atoms. The topological polar surface area (TPSA) is 173 Å². The van der Waals surface area contributed by atoms with Crippen molar-refractivity contribution in [2.24, 2.45) is 0 Å². The van der Waals surface area contributed by atoms with Gasteiger partial charge in [-0.15, -0.1) is 0 Å². The standard InChI is InChI=1S/C13H14N4O8/c18-14(19)11-8-4-5-9-12(11,10-6-2-1-3-7-10)13(15(20)21,16(22)23)17(24)25/h1-3,6-7,11H,4-5,8-9H2. The Bertz CT molecular complexity index is 688. The fourth-order valence-corrected chi connectivity index (χ4v) is 3.79. The van der Waals surface area contributed by atoms with Gasteiger partial charge in [0.05, 0.1) is 0 Å². The Balaban J connectivity index is 2.96. The van der Waals surface area contributed by atoms with E-state index in [1.165, 1.54) is 30.3 Å². The lowest BCUT2D eigenvalue weighted by Gasteiger charge is -2.36. The van der Waals surface area contributed by atoms with Crippen LogP contribution in [0.15, 0.2) is 30.3 Å². The molecule has 2 unspecified atom stereocenters. The maximum atomic E-state index is 11.6. The predicted molar refractivity (Wildman–Crippen MR) is 81.1 cm³/mol. The molecule has 12 nitrogen and oxygen atoms in total. The molecule has 1 saturated carbocycles. The zero-order valence-corrected chi connectivity index (χ0v) is 12.8. The van der Waals surface area contributed by atoms with Crippen LogP contribution in [0.1, 0.15) is 31.2 Å². The maximum Gasteiger partial charge on any atom is 0.716 e. The fraction of sp³-hybridized carbons (Fsp3) is 0.538. The van der Waals surface area contributed by atoms with Gasteiger partial charge in [-0.05, 0) is 18.4 Å². The molecule has 1 aliphatic carbocycles. The Morgan fingerprint density at radius 2 is 1.40 bits per heavy atom. The molecular formula is C13H14N4O8. The van der Waals surface area contributed by atoms with Gasteiger partial charge in [0.15, 0.2) is 14.8 Å². The molecule has 12 heteroatoms. The van der Waals surface area contributed by atoms with E-state index in [9.17, 15) is 40.5 Å². The Morgan fingerprint density at radius 3 is 1.84 bits per heavy atom. The van der Waals surface area contributed by atoms with E-state index < -0.39 is 43.4 Å². The van der Waals surface area contributed by atoms with Crippen molar-refractivity contribution in [3.05, 3.63) is 76.4 Å². The van der Waals surface area contributed by atoms with Gasteiger partial charge in [0.2, 0.25) is 6.04 Å². The van der Waals surface area contributed by atoms with Crippen molar-refractivity contribution >= 4 is 0 Å². The normalized spacial score (nSPS) is 23.6. The molecule has 0 aromatic heterocycles. The van der Waals surface area contributed by atoms with Crippen molar-refractivity contribution in [3.8, 4) is 0 Å². The SMILES string of the molecule is O=[N+]([O-])C1CCCCC1(c1ccccc1)C([N+](=O)[O-])([N+](=O)[O-])[N+](=O)[O-]. The van der Waals surface area contributed by atoms with Gasteiger partial charge in [-0.1, -0.05) is 36.8 Å². The summed E-state index contributed by atoms with van der Waals surface area (Å²) < 4.78 is 0. The lowest BCUT2D eigenvalue weighted by Crippen LogP contribution is -2.72.